The molecular formula is C27H27N3O3. The SMILES string of the molecule is COc1ccc2c(c1)[C@]1(CC1C1CCC3C(C#Cc4ccc(C=O)cc4)NNC3C1)C(=O)N2. The zero-order valence-corrected chi connectivity index (χ0v) is 18.6. The van der Waals surface area contributed by atoms with E-state index >= 15 is 0 Å². The number of methoxy groups -OCH3 is 1. The van der Waals surface area contributed by atoms with Crippen LogP contribution in [0.5, 0.6) is 5.75 Å². The molecule has 6 rings (SSSR count). The number of anilines is 1. The zero-order valence-electron chi connectivity index (χ0n) is 18.6. The van der Waals surface area contributed by atoms with Gasteiger partial charge in [-0.3, -0.25) is 15.0 Å². The Hall–Kier alpha value is -3.14. The number of nitrogens with one attached hydrogen (secondary N) is 3. The molecule has 2 aliphatic carbocycles. The number of hydrogen-bond donors (Lipinski definition) is 3. The summed E-state index contributed by atoms with van der Waals surface area (Å²) in [5.74, 6) is 8.96. The first-order chi connectivity index (χ1) is 16.1. The zero-order chi connectivity index (χ0) is 22.6. The molecule has 3 N–H and O–H groups in total. The number of benzene rings is 2. The molecular weight excluding hydrogens is 414 g/mol. The minimum atomic E-state index is -0.375. The summed E-state index contributed by atoms with van der Waals surface area (Å²) in [6.45, 7) is 0. The number of amides is 1. The smallest absolute Gasteiger partial charge is 0.235 e. The second-order valence-electron chi connectivity index (χ2n) is 9.77. The van der Waals surface area contributed by atoms with Crippen LogP contribution in [0.3, 0.4) is 0 Å². The second-order valence-corrected chi connectivity index (χ2v) is 9.77. The van der Waals surface area contributed by atoms with Crippen LogP contribution in [0.15, 0.2) is 42.5 Å². The van der Waals surface area contributed by atoms with Crippen molar-refractivity contribution in [3.8, 4) is 17.6 Å². The van der Waals surface area contributed by atoms with E-state index in [1.807, 2.05) is 30.3 Å². The van der Waals surface area contributed by atoms with E-state index in [1.165, 1.54) is 0 Å². The minimum Gasteiger partial charge on any atom is -0.497 e. The van der Waals surface area contributed by atoms with Gasteiger partial charge >= 0.3 is 0 Å². The summed E-state index contributed by atoms with van der Waals surface area (Å²) in [5.41, 5.74) is 10.1. The first-order valence-electron chi connectivity index (χ1n) is 11.7. The molecule has 6 heteroatoms. The molecule has 6 nitrogen and oxygen atoms in total. The number of hydrogen-bond acceptors (Lipinski definition) is 5. The lowest BCUT2D eigenvalue weighted by Crippen LogP contribution is -2.37. The molecule has 5 unspecified atom stereocenters. The van der Waals surface area contributed by atoms with Gasteiger partial charge in [0, 0.05) is 28.8 Å². The molecule has 0 radical (unpaired) electrons. The largest absolute Gasteiger partial charge is 0.497 e. The van der Waals surface area contributed by atoms with E-state index in [-0.39, 0.29) is 17.4 Å². The van der Waals surface area contributed by atoms with E-state index in [4.69, 9.17) is 4.74 Å². The van der Waals surface area contributed by atoms with Crippen molar-refractivity contribution in [1.29, 1.82) is 0 Å². The predicted octanol–water partition coefficient (Wildman–Crippen LogP) is 3.03. The van der Waals surface area contributed by atoms with Crippen molar-refractivity contribution in [3.05, 3.63) is 59.2 Å². The number of rotatable bonds is 3. The average molecular weight is 442 g/mol. The van der Waals surface area contributed by atoms with Gasteiger partial charge in [0.05, 0.1) is 18.6 Å². The second kappa shape index (κ2) is 7.72. The Morgan fingerprint density at radius 2 is 1.97 bits per heavy atom. The fourth-order valence-electron chi connectivity index (χ4n) is 6.32. The van der Waals surface area contributed by atoms with Gasteiger partial charge in [0.1, 0.15) is 12.0 Å². The Morgan fingerprint density at radius 3 is 2.76 bits per heavy atom. The number of hydrazine groups is 1. The molecule has 2 aromatic carbocycles. The molecule has 168 valence electrons. The summed E-state index contributed by atoms with van der Waals surface area (Å²) in [6, 6.07) is 13.8. The van der Waals surface area contributed by atoms with Crippen LogP contribution in [0.2, 0.25) is 0 Å². The highest BCUT2D eigenvalue weighted by Gasteiger charge is 2.67. The monoisotopic (exact) mass is 441 g/mol. The van der Waals surface area contributed by atoms with Crippen LogP contribution in [0.4, 0.5) is 5.69 Å². The van der Waals surface area contributed by atoms with E-state index in [0.717, 1.165) is 54.5 Å². The van der Waals surface area contributed by atoms with Crippen molar-refractivity contribution >= 4 is 17.9 Å². The van der Waals surface area contributed by atoms with Gasteiger partial charge in [0.2, 0.25) is 5.91 Å². The number of fused-ring (bicyclic) bond motifs is 3. The van der Waals surface area contributed by atoms with Crippen molar-refractivity contribution in [2.75, 3.05) is 12.4 Å². The Labute approximate surface area is 193 Å². The lowest BCUT2D eigenvalue weighted by molar-refractivity contribution is -0.118. The van der Waals surface area contributed by atoms with Crippen molar-refractivity contribution in [2.24, 2.45) is 17.8 Å². The molecule has 33 heavy (non-hydrogen) atoms. The normalized spacial score (nSPS) is 33.5. The molecule has 2 saturated carbocycles. The van der Waals surface area contributed by atoms with Crippen LogP contribution in [0.25, 0.3) is 0 Å². The molecule has 2 aliphatic heterocycles. The van der Waals surface area contributed by atoms with E-state index < -0.39 is 0 Å². The highest BCUT2D eigenvalue weighted by Crippen LogP contribution is 2.65. The van der Waals surface area contributed by atoms with Crippen LogP contribution in [0, 0.1) is 29.6 Å². The van der Waals surface area contributed by atoms with Gasteiger partial charge in [0.25, 0.3) is 0 Å². The van der Waals surface area contributed by atoms with Crippen molar-refractivity contribution in [1.82, 2.24) is 10.9 Å². The van der Waals surface area contributed by atoms with E-state index in [2.05, 4.69) is 28.0 Å². The summed E-state index contributed by atoms with van der Waals surface area (Å²) in [5, 5.41) is 3.10. The summed E-state index contributed by atoms with van der Waals surface area (Å²) < 4.78 is 5.43. The van der Waals surface area contributed by atoms with Gasteiger partial charge in [-0.05, 0) is 73.4 Å². The highest BCUT2D eigenvalue weighted by molar-refractivity contribution is 6.09. The lowest BCUT2D eigenvalue weighted by Gasteiger charge is -2.33. The number of carbonyl (C=O) groups is 2. The third-order valence-corrected chi connectivity index (χ3v) is 8.16. The van der Waals surface area contributed by atoms with Crippen molar-refractivity contribution in [2.45, 2.75) is 43.2 Å². The quantitative estimate of drug-likeness (QED) is 0.504. The van der Waals surface area contributed by atoms with Crippen molar-refractivity contribution < 1.29 is 14.3 Å². The number of carbonyl (C=O) groups excluding carboxylic acids is 2. The third-order valence-electron chi connectivity index (χ3n) is 8.16. The van der Waals surface area contributed by atoms with Gasteiger partial charge in [-0.1, -0.05) is 24.0 Å². The Morgan fingerprint density at radius 1 is 1.12 bits per heavy atom. The number of ether oxygens (including phenoxy) is 1. The lowest BCUT2D eigenvalue weighted by atomic mass is 9.73. The van der Waals surface area contributed by atoms with Gasteiger partial charge < -0.3 is 10.1 Å². The molecule has 4 aliphatic rings. The van der Waals surface area contributed by atoms with E-state index in [1.54, 1.807) is 19.2 Å². The first kappa shape index (κ1) is 20.5. The molecule has 1 saturated heterocycles. The van der Waals surface area contributed by atoms with Gasteiger partial charge in [-0.25, -0.2) is 5.43 Å². The summed E-state index contributed by atoms with van der Waals surface area (Å²) in [4.78, 5) is 23.8. The van der Waals surface area contributed by atoms with Crippen molar-refractivity contribution in [3.63, 3.8) is 0 Å². The van der Waals surface area contributed by atoms with Crippen LogP contribution in [-0.2, 0) is 10.2 Å². The Bertz CT molecular complexity index is 1180. The highest BCUT2D eigenvalue weighted by atomic mass is 16.5. The standard InChI is InChI=1S/C27H27N3O3/c1-33-19-8-11-24-21(13-19)27(26(32)28-24)14-22(27)18-7-9-20-23(29-30-25(20)12-18)10-6-16-2-4-17(15-31)5-3-16/h2-5,8,11,13,15,18,20,22-23,25,29-30H,7,9,12,14H2,1H3,(H,28,32)/t18?,20?,22?,23?,25?,27-/m0/s1. The molecule has 1 spiro atoms. The Balaban J connectivity index is 1.14. The van der Waals surface area contributed by atoms with E-state index in [9.17, 15) is 9.59 Å². The average Bonchev–Trinajstić information content (AvgIpc) is 3.39. The van der Waals surface area contributed by atoms with E-state index in [0.29, 0.717) is 29.4 Å². The molecule has 6 atom stereocenters. The summed E-state index contributed by atoms with van der Waals surface area (Å²) in [6.07, 6.45) is 5.04. The van der Waals surface area contributed by atoms with Gasteiger partial charge in [-0.15, -0.1) is 0 Å². The van der Waals surface area contributed by atoms with Crippen LogP contribution in [-0.4, -0.2) is 31.4 Å². The molecule has 3 fully saturated rings. The molecule has 2 aromatic rings. The number of aldehydes is 1. The summed E-state index contributed by atoms with van der Waals surface area (Å²) >= 11 is 0. The van der Waals surface area contributed by atoms with Gasteiger partial charge in [-0.2, -0.15) is 0 Å². The van der Waals surface area contributed by atoms with Gasteiger partial charge in [0.15, 0.2) is 0 Å². The fraction of sp³-hybridized carbons (Fsp3) is 0.407. The molecule has 2 heterocycles. The fourth-order valence-corrected chi connectivity index (χ4v) is 6.32. The first-order valence-corrected chi connectivity index (χ1v) is 11.7. The maximum atomic E-state index is 13.0. The molecule has 0 bridgehead atoms. The Kier molecular flexibility index (Phi) is 4.79. The maximum Gasteiger partial charge on any atom is 0.235 e. The minimum absolute atomic E-state index is 0.106. The van der Waals surface area contributed by atoms with Crippen LogP contribution < -0.4 is 20.9 Å². The molecule has 1 amide bonds. The van der Waals surface area contributed by atoms with Crippen LogP contribution >= 0.6 is 0 Å². The third kappa shape index (κ3) is 3.26. The maximum absolute atomic E-state index is 13.0. The van der Waals surface area contributed by atoms with Crippen LogP contribution in [0.1, 0.15) is 47.2 Å². The summed E-state index contributed by atoms with van der Waals surface area (Å²) in [7, 11) is 1.67. The molecule has 0 aromatic heterocycles. The topological polar surface area (TPSA) is 79.5 Å². The predicted molar refractivity (Wildman–Crippen MR) is 125 cm³/mol.